The molecule has 4 nitrogen and oxygen atoms in total. The number of carboxylic acids is 1. The van der Waals surface area contributed by atoms with E-state index >= 15 is 0 Å². The normalized spacial score (nSPS) is 11.9. The largest absolute Gasteiger partial charge is 0.481 e. The zero-order valence-electron chi connectivity index (χ0n) is 12.6. The Morgan fingerprint density at radius 2 is 1.86 bits per heavy atom. The van der Waals surface area contributed by atoms with Crippen LogP contribution in [0, 0.1) is 0 Å². The summed E-state index contributed by atoms with van der Waals surface area (Å²) in [7, 11) is 0. The number of esters is 1. The second-order valence-corrected chi connectivity index (χ2v) is 5.17. The van der Waals surface area contributed by atoms with Crippen molar-refractivity contribution in [2.24, 2.45) is 0 Å². The average Bonchev–Trinajstić information content (AvgIpc) is 2.49. The van der Waals surface area contributed by atoms with Gasteiger partial charge in [0, 0.05) is 0 Å². The highest BCUT2D eigenvalue weighted by atomic mass is 16.5. The van der Waals surface area contributed by atoms with E-state index in [-0.39, 0.29) is 18.9 Å². The van der Waals surface area contributed by atoms with E-state index in [4.69, 9.17) is 9.84 Å². The van der Waals surface area contributed by atoms with E-state index in [1.807, 2.05) is 18.2 Å². The van der Waals surface area contributed by atoms with Gasteiger partial charge in [-0.1, -0.05) is 50.1 Å². The molecule has 116 valence electrons. The quantitative estimate of drug-likeness (QED) is 0.669. The van der Waals surface area contributed by atoms with E-state index in [0.29, 0.717) is 0 Å². The Morgan fingerprint density at radius 1 is 1.14 bits per heavy atom. The van der Waals surface area contributed by atoms with Crippen molar-refractivity contribution < 1.29 is 19.4 Å². The predicted molar refractivity (Wildman–Crippen MR) is 81.0 cm³/mol. The first-order valence-electron chi connectivity index (χ1n) is 7.57. The summed E-state index contributed by atoms with van der Waals surface area (Å²) in [6.45, 7) is 2.10. The number of carbonyl (C=O) groups excluding carboxylic acids is 1. The van der Waals surface area contributed by atoms with Crippen LogP contribution in [0.25, 0.3) is 0 Å². The van der Waals surface area contributed by atoms with Crippen LogP contribution in [0.15, 0.2) is 30.3 Å². The van der Waals surface area contributed by atoms with Crippen LogP contribution >= 0.6 is 0 Å². The van der Waals surface area contributed by atoms with E-state index in [1.54, 1.807) is 0 Å². The molecule has 1 aromatic rings. The number of aliphatic carboxylic acids is 1. The van der Waals surface area contributed by atoms with Gasteiger partial charge in [0.2, 0.25) is 0 Å². The molecule has 0 saturated carbocycles. The highest BCUT2D eigenvalue weighted by Gasteiger charge is 2.15. The molecule has 4 heteroatoms. The fourth-order valence-electron chi connectivity index (χ4n) is 2.12. The fraction of sp³-hybridized carbons (Fsp3) is 0.529. The number of carbonyl (C=O) groups is 2. The second-order valence-electron chi connectivity index (χ2n) is 5.17. The first-order valence-corrected chi connectivity index (χ1v) is 7.57. The first kappa shape index (κ1) is 17.2. The van der Waals surface area contributed by atoms with E-state index in [2.05, 4.69) is 19.1 Å². The van der Waals surface area contributed by atoms with Crippen molar-refractivity contribution in [2.45, 2.75) is 58.0 Å². The molecule has 1 N–H and O–H groups in total. The molecule has 0 radical (unpaired) electrons. The van der Waals surface area contributed by atoms with Crippen molar-refractivity contribution in [3.8, 4) is 0 Å². The number of rotatable bonds is 10. The molecule has 21 heavy (non-hydrogen) atoms. The molecule has 0 amide bonds. The second kappa shape index (κ2) is 9.97. The Labute approximate surface area is 126 Å². The third kappa shape index (κ3) is 8.12. The third-order valence-electron chi connectivity index (χ3n) is 3.32. The lowest BCUT2D eigenvalue weighted by atomic mass is 10.0. The molecule has 1 atom stereocenters. The Bertz CT molecular complexity index is 428. The number of unbranched alkanes of at least 4 members (excludes halogenated alkanes) is 1. The maximum atomic E-state index is 11.6. The zero-order valence-corrected chi connectivity index (χ0v) is 12.6. The smallest absolute Gasteiger partial charge is 0.306 e. The van der Waals surface area contributed by atoms with Crippen molar-refractivity contribution in [2.75, 3.05) is 0 Å². The van der Waals surface area contributed by atoms with Gasteiger partial charge in [-0.15, -0.1) is 0 Å². The predicted octanol–water partition coefficient (Wildman–Crippen LogP) is 3.59. The molecule has 0 aliphatic carbocycles. The van der Waals surface area contributed by atoms with Gasteiger partial charge in [-0.05, 0) is 24.8 Å². The van der Waals surface area contributed by atoms with Crippen molar-refractivity contribution >= 4 is 11.9 Å². The van der Waals surface area contributed by atoms with Crippen molar-refractivity contribution in [3.05, 3.63) is 35.9 Å². The van der Waals surface area contributed by atoms with Gasteiger partial charge in [-0.25, -0.2) is 0 Å². The maximum absolute atomic E-state index is 11.6. The summed E-state index contributed by atoms with van der Waals surface area (Å²) >= 11 is 0. The summed E-state index contributed by atoms with van der Waals surface area (Å²) in [4.78, 5) is 22.1. The number of hydrogen-bond acceptors (Lipinski definition) is 3. The number of aryl methyl sites for hydroxylation is 1. The fourth-order valence-corrected chi connectivity index (χ4v) is 2.12. The Kier molecular flexibility index (Phi) is 8.17. The molecule has 0 heterocycles. The van der Waals surface area contributed by atoms with E-state index in [1.165, 1.54) is 5.56 Å². The Hall–Kier alpha value is -1.84. The van der Waals surface area contributed by atoms with E-state index < -0.39 is 11.9 Å². The molecule has 1 rings (SSSR count). The summed E-state index contributed by atoms with van der Waals surface area (Å²) < 4.78 is 5.42. The summed E-state index contributed by atoms with van der Waals surface area (Å²) in [6, 6.07) is 10.1. The van der Waals surface area contributed by atoms with Crippen LogP contribution in [0.5, 0.6) is 0 Å². The lowest BCUT2D eigenvalue weighted by molar-refractivity contribution is -0.152. The van der Waals surface area contributed by atoms with Crippen molar-refractivity contribution in [3.63, 3.8) is 0 Å². The standard InChI is InChI=1S/C17H24O4/c1-2-3-9-15(21-17(20)13-12-16(18)19)11-10-14-7-5-4-6-8-14/h4-8,15H,2-3,9-13H2,1H3,(H,18,19). The highest BCUT2D eigenvalue weighted by Crippen LogP contribution is 2.14. The van der Waals surface area contributed by atoms with Crippen LogP contribution in [-0.4, -0.2) is 23.1 Å². The summed E-state index contributed by atoms with van der Waals surface area (Å²) in [5.74, 6) is -1.38. The third-order valence-corrected chi connectivity index (χ3v) is 3.32. The first-order chi connectivity index (χ1) is 10.1. The molecule has 0 spiro atoms. The topological polar surface area (TPSA) is 63.6 Å². The minimum Gasteiger partial charge on any atom is -0.481 e. The Morgan fingerprint density at radius 3 is 2.48 bits per heavy atom. The average molecular weight is 292 g/mol. The van der Waals surface area contributed by atoms with Gasteiger partial charge in [-0.3, -0.25) is 9.59 Å². The lowest BCUT2D eigenvalue weighted by Gasteiger charge is -2.17. The number of ether oxygens (including phenoxy) is 1. The minimum atomic E-state index is -0.971. The summed E-state index contributed by atoms with van der Waals surface area (Å²) in [5, 5.41) is 8.58. The lowest BCUT2D eigenvalue weighted by Crippen LogP contribution is -2.19. The minimum absolute atomic E-state index is 0.0523. The highest BCUT2D eigenvalue weighted by molar-refractivity contribution is 5.76. The monoisotopic (exact) mass is 292 g/mol. The molecule has 1 aromatic carbocycles. The van der Waals surface area contributed by atoms with E-state index in [9.17, 15) is 9.59 Å². The van der Waals surface area contributed by atoms with E-state index in [0.717, 1.165) is 32.1 Å². The van der Waals surface area contributed by atoms with Crippen LogP contribution in [-0.2, 0) is 20.7 Å². The van der Waals surface area contributed by atoms with Crippen LogP contribution in [0.2, 0.25) is 0 Å². The SMILES string of the molecule is CCCCC(CCc1ccccc1)OC(=O)CCC(=O)O. The van der Waals surface area contributed by atoms with Crippen molar-refractivity contribution in [1.29, 1.82) is 0 Å². The molecule has 0 fully saturated rings. The number of benzene rings is 1. The number of hydrogen-bond donors (Lipinski definition) is 1. The van der Waals surface area contributed by atoms with Gasteiger partial charge >= 0.3 is 11.9 Å². The summed E-state index contributed by atoms with van der Waals surface area (Å²) in [6.07, 6.45) is 4.19. The van der Waals surface area contributed by atoms with Crippen LogP contribution in [0.3, 0.4) is 0 Å². The van der Waals surface area contributed by atoms with Gasteiger partial charge in [0.25, 0.3) is 0 Å². The van der Waals surface area contributed by atoms with Gasteiger partial charge in [0.05, 0.1) is 12.8 Å². The maximum Gasteiger partial charge on any atom is 0.306 e. The molecular formula is C17H24O4. The van der Waals surface area contributed by atoms with Crippen LogP contribution < -0.4 is 0 Å². The zero-order chi connectivity index (χ0) is 15.5. The van der Waals surface area contributed by atoms with Gasteiger partial charge in [0.1, 0.15) is 6.10 Å². The molecular weight excluding hydrogens is 268 g/mol. The molecule has 1 unspecified atom stereocenters. The molecule has 0 aliphatic rings. The summed E-state index contributed by atoms with van der Waals surface area (Å²) in [5.41, 5.74) is 1.22. The van der Waals surface area contributed by atoms with Gasteiger partial charge < -0.3 is 9.84 Å². The van der Waals surface area contributed by atoms with Crippen molar-refractivity contribution in [1.82, 2.24) is 0 Å². The molecule has 0 saturated heterocycles. The van der Waals surface area contributed by atoms with Gasteiger partial charge in [0.15, 0.2) is 0 Å². The number of carboxylic acid groups (broad SMARTS) is 1. The molecule has 0 aromatic heterocycles. The Balaban J connectivity index is 2.43. The molecule has 0 aliphatic heterocycles. The molecule has 0 bridgehead atoms. The van der Waals surface area contributed by atoms with Crippen LogP contribution in [0.1, 0.15) is 51.0 Å². The van der Waals surface area contributed by atoms with Gasteiger partial charge in [-0.2, -0.15) is 0 Å². The van der Waals surface area contributed by atoms with Crippen LogP contribution in [0.4, 0.5) is 0 Å².